The number of carbonyl (C=O) groups excluding carboxylic acids is 1. The number of hydrogen-bond donors (Lipinski definition) is 1. The largest absolute Gasteiger partial charge is 0.395 e. The first-order valence-corrected chi connectivity index (χ1v) is 7.17. The van der Waals surface area contributed by atoms with Gasteiger partial charge in [0.15, 0.2) is 0 Å². The Bertz CT molecular complexity index is 528. The van der Waals surface area contributed by atoms with Crippen molar-refractivity contribution in [3.63, 3.8) is 0 Å². The number of rotatable bonds is 5. The summed E-state index contributed by atoms with van der Waals surface area (Å²) in [6, 6.07) is 1.79. The van der Waals surface area contributed by atoms with E-state index < -0.39 is 24.9 Å². The second-order valence-corrected chi connectivity index (χ2v) is 5.37. The second kappa shape index (κ2) is 8.05. The molecule has 0 fully saturated rings. The molecule has 0 unspecified atom stereocenters. The molecule has 0 spiro atoms. The molecule has 0 aliphatic carbocycles. The third kappa shape index (κ3) is 7.16. The lowest BCUT2D eigenvalue weighted by Gasteiger charge is -2.16. The maximum atomic E-state index is 12.1. The van der Waals surface area contributed by atoms with Crippen LogP contribution < -0.4 is 0 Å². The Morgan fingerprint density at radius 3 is 2.81 bits per heavy atom. The van der Waals surface area contributed by atoms with Crippen molar-refractivity contribution in [2.24, 2.45) is 0 Å². The number of nitrogens with zero attached hydrogens (tertiary/aromatic N) is 1. The van der Waals surface area contributed by atoms with E-state index in [1.54, 1.807) is 6.07 Å². The van der Waals surface area contributed by atoms with E-state index in [0.29, 0.717) is 6.42 Å². The van der Waals surface area contributed by atoms with Crippen molar-refractivity contribution in [3.8, 4) is 11.8 Å². The molecule has 7 heteroatoms. The number of thiophene rings is 1. The second-order valence-electron chi connectivity index (χ2n) is 4.46. The van der Waals surface area contributed by atoms with Crippen LogP contribution in [0.25, 0.3) is 0 Å². The third-order valence-corrected chi connectivity index (χ3v) is 3.46. The van der Waals surface area contributed by atoms with Gasteiger partial charge in [-0.3, -0.25) is 4.79 Å². The monoisotopic (exact) mass is 319 g/mol. The first-order chi connectivity index (χ1) is 9.81. The highest BCUT2D eigenvalue weighted by Crippen LogP contribution is 2.22. The van der Waals surface area contributed by atoms with E-state index in [2.05, 4.69) is 11.8 Å². The maximum absolute atomic E-state index is 12.1. The standard InChI is InChI=1S/C14H16F3NO2S/c1-18(13(20)5-6-14(15,16)17)9-11-8-12(21-10-11)4-2-3-7-19/h8,10,19H,3,5-7,9H2,1H3. The van der Waals surface area contributed by atoms with Gasteiger partial charge in [0.1, 0.15) is 0 Å². The highest BCUT2D eigenvalue weighted by atomic mass is 32.1. The minimum absolute atomic E-state index is 0.00166. The van der Waals surface area contributed by atoms with Crippen LogP contribution in [0, 0.1) is 11.8 Å². The molecule has 0 saturated carbocycles. The Hall–Kier alpha value is -1.52. The van der Waals surface area contributed by atoms with Crippen LogP contribution in [0.3, 0.4) is 0 Å². The predicted molar refractivity (Wildman–Crippen MR) is 74.7 cm³/mol. The highest BCUT2D eigenvalue weighted by Gasteiger charge is 2.28. The van der Waals surface area contributed by atoms with Crippen LogP contribution in [-0.4, -0.2) is 35.7 Å². The summed E-state index contributed by atoms with van der Waals surface area (Å²) in [6.45, 7) is 0.260. The number of amides is 1. The lowest BCUT2D eigenvalue weighted by molar-refractivity contribution is -0.148. The van der Waals surface area contributed by atoms with Crippen molar-refractivity contribution in [3.05, 3.63) is 21.9 Å². The molecule has 116 valence electrons. The molecule has 0 aromatic carbocycles. The van der Waals surface area contributed by atoms with Crippen molar-refractivity contribution in [1.82, 2.24) is 4.90 Å². The van der Waals surface area contributed by atoms with Gasteiger partial charge < -0.3 is 10.0 Å². The molecular weight excluding hydrogens is 303 g/mol. The summed E-state index contributed by atoms with van der Waals surface area (Å²) in [7, 11) is 1.48. The summed E-state index contributed by atoms with van der Waals surface area (Å²) < 4.78 is 36.2. The van der Waals surface area contributed by atoms with Gasteiger partial charge in [0.2, 0.25) is 5.91 Å². The van der Waals surface area contributed by atoms with Crippen LogP contribution >= 0.6 is 11.3 Å². The first kappa shape index (κ1) is 17.5. The quantitative estimate of drug-likeness (QED) is 0.848. The van der Waals surface area contributed by atoms with Gasteiger partial charge in [-0.2, -0.15) is 13.2 Å². The van der Waals surface area contributed by atoms with Crippen LogP contribution in [-0.2, 0) is 11.3 Å². The van der Waals surface area contributed by atoms with E-state index in [-0.39, 0.29) is 13.2 Å². The number of hydrogen-bond acceptors (Lipinski definition) is 3. The fourth-order valence-electron chi connectivity index (χ4n) is 1.53. The molecule has 0 radical (unpaired) electrons. The number of carbonyl (C=O) groups is 1. The van der Waals surface area contributed by atoms with Crippen molar-refractivity contribution in [1.29, 1.82) is 0 Å². The molecule has 0 aliphatic heterocycles. The summed E-state index contributed by atoms with van der Waals surface area (Å²) >= 11 is 1.40. The summed E-state index contributed by atoms with van der Waals surface area (Å²) in [4.78, 5) is 13.7. The molecule has 1 aromatic rings. The molecule has 21 heavy (non-hydrogen) atoms. The van der Waals surface area contributed by atoms with E-state index in [0.717, 1.165) is 10.4 Å². The maximum Gasteiger partial charge on any atom is 0.389 e. The third-order valence-electron chi connectivity index (χ3n) is 2.57. The zero-order valence-electron chi connectivity index (χ0n) is 11.5. The first-order valence-electron chi connectivity index (χ1n) is 6.29. The summed E-state index contributed by atoms with van der Waals surface area (Å²) in [5.41, 5.74) is 0.830. The minimum Gasteiger partial charge on any atom is -0.395 e. The van der Waals surface area contributed by atoms with E-state index in [4.69, 9.17) is 5.11 Å². The average Bonchev–Trinajstić information content (AvgIpc) is 2.83. The van der Waals surface area contributed by atoms with Gasteiger partial charge in [-0.1, -0.05) is 11.8 Å². The van der Waals surface area contributed by atoms with Crippen molar-refractivity contribution in [2.75, 3.05) is 13.7 Å². The molecule has 0 atom stereocenters. The smallest absolute Gasteiger partial charge is 0.389 e. The number of aliphatic hydroxyl groups is 1. The summed E-state index contributed by atoms with van der Waals surface area (Å²) in [6.07, 6.45) is -5.55. The van der Waals surface area contributed by atoms with Crippen molar-refractivity contribution in [2.45, 2.75) is 32.0 Å². The predicted octanol–water partition coefficient (Wildman–Crippen LogP) is 2.78. The lowest BCUT2D eigenvalue weighted by Crippen LogP contribution is -2.27. The normalized spacial score (nSPS) is 10.9. The van der Waals surface area contributed by atoms with Crippen molar-refractivity contribution < 1.29 is 23.1 Å². The fourth-order valence-corrected chi connectivity index (χ4v) is 2.30. The van der Waals surface area contributed by atoms with Crippen LogP contribution in [0.15, 0.2) is 11.4 Å². The van der Waals surface area contributed by atoms with Gasteiger partial charge in [-0.15, -0.1) is 11.3 Å². The Morgan fingerprint density at radius 1 is 1.48 bits per heavy atom. The van der Waals surface area contributed by atoms with Gasteiger partial charge in [-0.05, 0) is 17.0 Å². The molecule has 0 bridgehead atoms. The van der Waals surface area contributed by atoms with Gasteiger partial charge in [0.05, 0.1) is 17.9 Å². The van der Waals surface area contributed by atoms with Gasteiger partial charge in [-0.25, -0.2) is 0 Å². The number of aliphatic hydroxyl groups excluding tert-OH is 1. The Kier molecular flexibility index (Phi) is 6.72. The molecular formula is C14H16F3NO2S. The SMILES string of the molecule is CN(Cc1csc(C#CCCO)c1)C(=O)CCC(F)(F)F. The van der Waals surface area contributed by atoms with Crippen LogP contribution in [0.2, 0.25) is 0 Å². The number of alkyl halides is 3. The van der Waals surface area contributed by atoms with E-state index in [1.165, 1.54) is 23.3 Å². The molecule has 0 aliphatic rings. The van der Waals surface area contributed by atoms with Gasteiger partial charge in [0.25, 0.3) is 0 Å². The molecule has 1 N–H and O–H groups in total. The van der Waals surface area contributed by atoms with E-state index >= 15 is 0 Å². The van der Waals surface area contributed by atoms with Crippen LogP contribution in [0.1, 0.15) is 29.7 Å². The van der Waals surface area contributed by atoms with Crippen LogP contribution in [0.4, 0.5) is 13.2 Å². The zero-order chi connectivity index (χ0) is 15.9. The Labute approximate surface area is 125 Å². The zero-order valence-corrected chi connectivity index (χ0v) is 12.4. The molecule has 1 aromatic heterocycles. The Morgan fingerprint density at radius 2 is 2.19 bits per heavy atom. The number of halogens is 3. The lowest BCUT2D eigenvalue weighted by atomic mass is 10.2. The summed E-state index contributed by atoms with van der Waals surface area (Å²) in [5.74, 6) is 5.12. The molecule has 0 saturated heterocycles. The van der Waals surface area contributed by atoms with Gasteiger partial charge >= 0.3 is 6.18 Å². The van der Waals surface area contributed by atoms with Gasteiger partial charge in [0, 0.05) is 26.4 Å². The topological polar surface area (TPSA) is 40.5 Å². The Balaban J connectivity index is 2.49. The summed E-state index contributed by atoms with van der Waals surface area (Å²) in [5, 5.41) is 10.4. The fraction of sp³-hybridized carbons (Fsp3) is 0.500. The van der Waals surface area contributed by atoms with E-state index in [9.17, 15) is 18.0 Å². The molecule has 1 heterocycles. The molecule has 1 amide bonds. The minimum atomic E-state index is -4.31. The van der Waals surface area contributed by atoms with E-state index in [1.807, 2.05) is 5.38 Å². The average molecular weight is 319 g/mol. The molecule has 3 nitrogen and oxygen atoms in total. The van der Waals surface area contributed by atoms with Crippen LogP contribution in [0.5, 0.6) is 0 Å². The molecule has 1 rings (SSSR count). The highest BCUT2D eigenvalue weighted by molar-refractivity contribution is 7.10. The van der Waals surface area contributed by atoms with Crippen molar-refractivity contribution >= 4 is 17.2 Å².